The zero-order chi connectivity index (χ0) is 14.4. The van der Waals surface area contributed by atoms with Crippen LogP contribution in [-0.4, -0.2) is 6.61 Å². The first kappa shape index (κ1) is 14.7. The van der Waals surface area contributed by atoms with Gasteiger partial charge in [0.05, 0.1) is 6.61 Å². The lowest BCUT2D eigenvalue weighted by Crippen LogP contribution is -2.06. The molecule has 0 saturated heterocycles. The van der Waals surface area contributed by atoms with E-state index in [-0.39, 0.29) is 6.04 Å². The highest BCUT2D eigenvalue weighted by Crippen LogP contribution is 2.23. The van der Waals surface area contributed by atoms with E-state index >= 15 is 0 Å². The summed E-state index contributed by atoms with van der Waals surface area (Å²) >= 11 is 5.91. The Balaban J connectivity index is 2.03. The molecule has 0 heterocycles. The molecule has 1 atom stereocenters. The molecule has 106 valence electrons. The lowest BCUT2D eigenvalue weighted by atomic mass is 10.1. The van der Waals surface area contributed by atoms with Gasteiger partial charge in [-0.25, -0.2) is 0 Å². The minimum Gasteiger partial charge on any atom is -0.494 e. The predicted molar refractivity (Wildman–Crippen MR) is 85.7 cm³/mol. The fraction of sp³-hybridized carbons (Fsp3) is 0.294. The summed E-state index contributed by atoms with van der Waals surface area (Å²) in [5.41, 5.74) is 2.26. The second-order valence-electron chi connectivity index (χ2n) is 4.79. The monoisotopic (exact) mass is 289 g/mol. The Labute approximate surface area is 125 Å². The first-order chi connectivity index (χ1) is 9.69. The Morgan fingerprint density at radius 3 is 2.60 bits per heavy atom. The second kappa shape index (κ2) is 7.20. The van der Waals surface area contributed by atoms with Crippen LogP contribution in [-0.2, 0) is 0 Å². The molecule has 0 fully saturated rings. The molecule has 0 spiro atoms. The van der Waals surface area contributed by atoms with E-state index in [2.05, 4.69) is 19.2 Å². The highest BCUT2D eigenvalue weighted by molar-refractivity contribution is 6.30. The summed E-state index contributed by atoms with van der Waals surface area (Å²) < 4.78 is 5.64. The number of hydrogen-bond acceptors (Lipinski definition) is 2. The van der Waals surface area contributed by atoms with Crippen LogP contribution in [0.1, 0.15) is 31.9 Å². The Kier molecular flexibility index (Phi) is 5.31. The first-order valence-electron chi connectivity index (χ1n) is 6.94. The maximum Gasteiger partial charge on any atom is 0.121 e. The van der Waals surface area contributed by atoms with Crippen molar-refractivity contribution in [1.29, 1.82) is 0 Å². The average molecular weight is 290 g/mol. The highest BCUT2D eigenvalue weighted by atomic mass is 35.5. The van der Waals surface area contributed by atoms with Crippen molar-refractivity contribution in [3.63, 3.8) is 0 Å². The van der Waals surface area contributed by atoms with Gasteiger partial charge < -0.3 is 10.1 Å². The van der Waals surface area contributed by atoms with Gasteiger partial charge in [0.25, 0.3) is 0 Å². The lowest BCUT2D eigenvalue weighted by Gasteiger charge is -2.16. The summed E-state index contributed by atoms with van der Waals surface area (Å²) in [6.45, 7) is 4.98. The van der Waals surface area contributed by atoms with Crippen molar-refractivity contribution in [2.24, 2.45) is 0 Å². The van der Waals surface area contributed by atoms with Gasteiger partial charge in [-0.3, -0.25) is 0 Å². The van der Waals surface area contributed by atoms with E-state index in [4.69, 9.17) is 16.3 Å². The van der Waals surface area contributed by atoms with Crippen molar-refractivity contribution < 1.29 is 4.74 Å². The molecule has 0 aliphatic rings. The molecule has 2 aromatic rings. The molecule has 2 nitrogen and oxygen atoms in total. The van der Waals surface area contributed by atoms with E-state index in [0.29, 0.717) is 0 Å². The normalized spacial score (nSPS) is 11.9. The Morgan fingerprint density at radius 1 is 1.15 bits per heavy atom. The van der Waals surface area contributed by atoms with E-state index in [1.54, 1.807) is 0 Å². The van der Waals surface area contributed by atoms with Gasteiger partial charge in [0, 0.05) is 22.8 Å². The fourth-order valence-electron chi connectivity index (χ4n) is 1.98. The van der Waals surface area contributed by atoms with Crippen LogP contribution in [0.15, 0.2) is 48.5 Å². The SMILES string of the molecule is CCCOc1cccc(NC(C)c2ccc(Cl)cc2)c1. The molecule has 20 heavy (non-hydrogen) atoms. The minimum absolute atomic E-state index is 0.216. The summed E-state index contributed by atoms with van der Waals surface area (Å²) in [5, 5.41) is 4.23. The lowest BCUT2D eigenvalue weighted by molar-refractivity contribution is 0.317. The van der Waals surface area contributed by atoms with Gasteiger partial charge in [-0.05, 0) is 43.2 Å². The Bertz CT molecular complexity index is 539. The van der Waals surface area contributed by atoms with Gasteiger partial charge in [-0.15, -0.1) is 0 Å². The van der Waals surface area contributed by atoms with Gasteiger partial charge in [-0.1, -0.05) is 36.7 Å². The number of rotatable bonds is 6. The van der Waals surface area contributed by atoms with Gasteiger partial charge >= 0.3 is 0 Å². The second-order valence-corrected chi connectivity index (χ2v) is 5.23. The standard InChI is InChI=1S/C17H20ClNO/c1-3-11-20-17-6-4-5-16(12-17)19-13(2)14-7-9-15(18)10-8-14/h4-10,12-13,19H,3,11H2,1-2H3. The van der Waals surface area contributed by atoms with Gasteiger partial charge in [0.1, 0.15) is 5.75 Å². The summed E-state index contributed by atoms with van der Waals surface area (Å²) in [4.78, 5) is 0. The fourth-order valence-corrected chi connectivity index (χ4v) is 2.11. The molecule has 1 N–H and O–H groups in total. The van der Waals surface area contributed by atoms with E-state index in [1.807, 2.05) is 48.5 Å². The maximum atomic E-state index is 5.91. The van der Waals surface area contributed by atoms with Crippen molar-refractivity contribution >= 4 is 17.3 Å². The van der Waals surface area contributed by atoms with Crippen LogP contribution in [0.2, 0.25) is 5.02 Å². The molecule has 0 aliphatic carbocycles. The van der Waals surface area contributed by atoms with Crippen molar-refractivity contribution in [1.82, 2.24) is 0 Å². The molecule has 0 aliphatic heterocycles. The summed E-state index contributed by atoms with van der Waals surface area (Å²) in [6, 6.07) is 16.2. The highest BCUT2D eigenvalue weighted by Gasteiger charge is 2.05. The van der Waals surface area contributed by atoms with Gasteiger partial charge in [0.2, 0.25) is 0 Å². The van der Waals surface area contributed by atoms with Crippen molar-refractivity contribution in [2.45, 2.75) is 26.3 Å². The summed E-state index contributed by atoms with van der Waals surface area (Å²) in [7, 11) is 0. The maximum absolute atomic E-state index is 5.91. The molecular formula is C17H20ClNO. The molecule has 0 radical (unpaired) electrons. The molecule has 1 unspecified atom stereocenters. The van der Waals surface area contributed by atoms with Crippen molar-refractivity contribution in [2.75, 3.05) is 11.9 Å². The number of ether oxygens (including phenoxy) is 1. The third-order valence-corrected chi connectivity index (χ3v) is 3.31. The molecule has 0 bridgehead atoms. The van der Waals surface area contributed by atoms with Crippen molar-refractivity contribution in [3.05, 3.63) is 59.1 Å². The zero-order valence-corrected chi connectivity index (χ0v) is 12.7. The number of hydrogen-bond donors (Lipinski definition) is 1. The third-order valence-electron chi connectivity index (χ3n) is 3.06. The van der Waals surface area contributed by atoms with Crippen LogP contribution in [0.25, 0.3) is 0 Å². The average Bonchev–Trinajstić information content (AvgIpc) is 2.46. The predicted octanol–water partition coefficient (Wildman–Crippen LogP) is 5.30. The van der Waals surface area contributed by atoms with Crippen LogP contribution < -0.4 is 10.1 Å². The molecule has 3 heteroatoms. The van der Waals surface area contributed by atoms with E-state index in [1.165, 1.54) is 5.56 Å². The topological polar surface area (TPSA) is 21.3 Å². The molecule has 2 rings (SSSR count). The van der Waals surface area contributed by atoms with Crippen LogP contribution >= 0.6 is 11.6 Å². The van der Waals surface area contributed by atoms with Crippen LogP contribution in [0.5, 0.6) is 5.75 Å². The molecule has 0 aromatic heterocycles. The zero-order valence-electron chi connectivity index (χ0n) is 11.9. The van der Waals surface area contributed by atoms with Gasteiger partial charge in [0.15, 0.2) is 0 Å². The quantitative estimate of drug-likeness (QED) is 0.779. The van der Waals surface area contributed by atoms with Crippen LogP contribution in [0.4, 0.5) is 5.69 Å². The first-order valence-corrected chi connectivity index (χ1v) is 7.31. The van der Waals surface area contributed by atoms with Crippen LogP contribution in [0.3, 0.4) is 0 Å². The minimum atomic E-state index is 0.216. The smallest absolute Gasteiger partial charge is 0.121 e. The largest absolute Gasteiger partial charge is 0.494 e. The molecule has 2 aromatic carbocycles. The van der Waals surface area contributed by atoms with Crippen LogP contribution in [0, 0.1) is 0 Å². The molecular weight excluding hydrogens is 270 g/mol. The van der Waals surface area contributed by atoms with Gasteiger partial charge in [-0.2, -0.15) is 0 Å². The Morgan fingerprint density at radius 2 is 1.90 bits per heavy atom. The number of nitrogens with one attached hydrogen (secondary N) is 1. The Hall–Kier alpha value is -1.67. The summed E-state index contributed by atoms with van der Waals surface area (Å²) in [5.74, 6) is 0.903. The molecule has 0 saturated carbocycles. The summed E-state index contributed by atoms with van der Waals surface area (Å²) in [6.07, 6.45) is 1.01. The number of halogens is 1. The van der Waals surface area contributed by atoms with Crippen molar-refractivity contribution in [3.8, 4) is 5.75 Å². The van der Waals surface area contributed by atoms with E-state index in [9.17, 15) is 0 Å². The number of anilines is 1. The third kappa shape index (κ3) is 4.17. The number of benzene rings is 2. The van der Waals surface area contributed by atoms with E-state index < -0.39 is 0 Å². The van der Waals surface area contributed by atoms with E-state index in [0.717, 1.165) is 29.5 Å². The molecule has 0 amide bonds.